The smallest absolute Gasteiger partial charge is 0.325 e. The van der Waals surface area contributed by atoms with Crippen LogP contribution < -0.4 is 14.8 Å². The molecule has 0 saturated carbocycles. The molecule has 100 valence electrons. The predicted molar refractivity (Wildman–Crippen MR) is 69.5 cm³/mol. The average molecular weight is 253 g/mol. The van der Waals surface area contributed by atoms with E-state index in [1.807, 2.05) is 13.8 Å². The Bertz CT molecular complexity index is 406. The van der Waals surface area contributed by atoms with Crippen molar-refractivity contribution in [2.75, 3.05) is 18.5 Å². The number of benzene rings is 1. The summed E-state index contributed by atoms with van der Waals surface area (Å²) < 4.78 is 10.9. The van der Waals surface area contributed by atoms with E-state index < -0.39 is 12.0 Å². The highest BCUT2D eigenvalue weighted by Crippen LogP contribution is 2.30. The molecule has 0 aliphatic heterocycles. The number of carboxylic acids is 1. The van der Waals surface area contributed by atoms with Crippen LogP contribution in [0.25, 0.3) is 0 Å². The minimum absolute atomic E-state index is 0.526. The van der Waals surface area contributed by atoms with E-state index in [0.717, 1.165) is 0 Å². The number of aliphatic carboxylic acids is 1. The molecule has 1 aromatic rings. The van der Waals surface area contributed by atoms with Gasteiger partial charge in [-0.25, -0.2) is 0 Å². The summed E-state index contributed by atoms with van der Waals surface area (Å²) in [6.45, 7) is 6.44. The second kappa shape index (κ2) is 6.74. The summed E-state index contributed by atoms with van der Waals surface area (Å²) in [4.78, 5) is 10.8. The Hall–Kier alpha value is -1.91. The number of rotatable bonds is 7. The molecule has 0 saturated heterocycles. The van der Waals surface area contributed by atoms with Crippen molar-refractivity contribution in [2.45, 2.75) is 26.8 Å². The van der Waals surface area contributed by atoms with Crippen molar-refractivity contribution in [3.05, 3.63) is 18.2 Å². The van der Waals surface area contributed by atoms with Crippen molar-refractivity contribution >= 4 is 11.7 Å². The van der Waals surface area contributed by atoms with E-state index in [4.69, 9.17) is 14.6 Å². The van der Waals surface area contributed by atoms with Gasteiger partial charge < -0.3 is 19.9 Å². The molecule has 0 fully saturated rings. The fourth-order valence-corrected chi connectivity index (χ4v) is 1.45. The number of hydrogen-bond donors (Lipinski definition) is 2. The first-order chi connectivity index (χ1) is 8.58. The maximum atomic E-state index is 10.8. The van der Waals surface area contributed by atoms with Gasteiger partial charge in [-0.1, -0.05) is 0 Å². The summed E-state index contributed by atoms with van der Waals surface area (Å²) in [6.07, 6.45) is 0. The Kier molecular flexibility index (Phi) is 5.30. The molecule has 0 aromatic heterocycles. The lowest BCUT2D eigenvalue weighted by Crippen LogP contribution is -2.25. The van der Waals surface area contributed by atoms with E-state index in [9.17, 15) is 4.79 Å². The minimum Gasteiger partial charge on any atom is -0.490 e. The second-order valence-electron chi connectivity index (χ2n) is 3.73. The molecule has 5 heteroatoms. The SMILES string of the molecule is CCOc1ccc(NC(C)C(=O)O)cc1OCC. The lowest BCUT2D eigenvalue weighted by atomic mass is 10.2. The molecule has 1 aromatic carbocycles. The molecular weight excluding hydrogens is 234 g/mol. The van der Waals surface area contributed by atoms with Crippen LogP contribution in [-0.2, 0) is 4.79 Å². The van der Waals surface area contributed by atoms with Crippen LogP contribution in [0.3, 0.4) is 0 Å². The van der Waals surface area contributed by atoms with Crippen LogP contribution in [-0.4, -0.2) is 30.3 Å². The fourth-order valence-electron chi connectivity index (χ4n) is 1.45. The third-order valence-electron chi connectivity index (χ3n) is 2.30. The van der Waals surface area contributed by atoms with Gasteiger partial charge in [0.2, 0.25) is 0 Å². The normalized spacial score (nSPS) is 11.7. The summed E-state index contributed by atoms with van der Waals surface area (Å²) in [7, 11) is 0. The molecule has 2 N–H and O–H groups in total. The van der Waals surface area contributed by atoms with Gasteiger partial charge >= 0.3 is 5.97 Å². The molecule has 1 unspecified atom stereocenters. The zero-order chi connectivity index (χ0) is 13.5. The molecule has 0 aliphatic rings. The van der Waals surface area contributed by atoms with Gasteiger partial charge in [-0.05, 0) is 32.9 Å². The van der Waals surface area contributed by atoms with E-state index in [1.165, 1.54) is 0 Å². The van der Waals surface area contributed by atoms with Gasteiger partial charge in [-0.15, -0.1) is 0 Å². The van der Waals surface area contributed by atoms with Crippen LogP contribution in [0, 0.1) is 0 Å². The molecular formula is C13H19NO4. The molecule has 0 amide bonds. The number of nitrogens with one attached hydrogen (secondary N) is 1. The van der Waals surface area contributed by atoms with E-state index in [1.54, 1.807) is 25.1 Å². The summed E-state index contributed by atoms with van der Waals surface area (Å²) in [5, 5.41) is 11.7. The lowest BCUT2D eigenvalue weighted by molar-refractivity contribution is -0.137. The molecule has 1 rings (SSSR count). The highest BCUT2D eigenvalue weighted by molar-refractivity contribution is 5.77. The Morgan fingerprint density at radius 3 is 2.44 bits per heavy atom. The van der Waals surface area contributed by atoms with E-state index in [-0.39, 0.29) is 0 Å². The third kappa shape index (κ3) is 3.84. The van der Waals surface area contributed by atoms with Crippen molar-refractivity contribution < 1.29 is 19.4 Å². The van der Waals surface area contributed by atoms with Crippen molar-refractivity contribution in [1.82, 2.24) is 0 Å². The third-order valence-corrected chi connectivity index (χ3v) is 2.30. The molecule has 1 atom stereocenters. The molecule has 18 heavy (non-hydrogen) atoms. The van der Waals surface area contributed by atoms with Gasteiger partial charge in [0.15, 0.2) is 11.5 Å². The maximum absolute atomic E-state index is 10.8. The number of ether oxygens (including phenoxy) is 2. The summed E-state index contributed by atoms with van der Waals surface area (Å²) in [5.41, 5.74) is 0.691. The Morgan fingerprint density at radius 1 is 1.28 bits per heavy atom. The van der Waals surface area contributed by atoms with Crippen LogP contribution in [0.4, 0.5) is 5.69 Å². The second-order valence-corrected chi connectivity index (χ2v) is 3.73. The number of carbonyl (C=O) groups is 1. The Labute approximate surface area is 107 Å². The van der Waals surface area contributed by atoms with Crippen molar-refractivity contribution in [3.63, 3.8) is 0 Å². The standard InChI is InChI=1S/C13H19NO4/c1-4-17-11-7-6-10(8-12(11)18-5-2)14-9(3)13(15)16/h6-9,14H,4-5H2,1-3H3,(H,15,16). The van der Waals surface area contributed by atoms with Crippen LogP contribution in [0.5, 0.6) is 11.5 Å². The monoisotopic (exact) mass is 253 g/mol. The maximum Gasteiger partial charge on any atom is 0.325 e. The largest absolute Gasteiger partial charge is 0.490 e. The topological polar surface area (TPSA) is 67.8 Å². The van der Waals surface area contributed by atoms with Crippen LogP contribution in [0.15, 0.2) is 18.2 Å². The molecule has 5 nitrogen and oxygen atoms in total. The zero-order valence-electron chi connectivity index (χ0n) is 10.9. The van der Waals surface area contributed by atoms with Gasteiger partial charge in [0.1, 0.15) is 6.04 Å². The molecule has 0 spiro atoms. The van der Waals surface area contributed by atoms with Gasteiger partial charge in [-0.3, -0.25) is 4.79 Å². The van der Waals surface area contributed by atoms with Crippen molar-refractivity contribution in [3.8, 4) is 11.5 Å². The number of hydrogen-bond acceptors (Lipinski definition) is 4. The highest BCUT2D eigenvalue weighted by atomic mass is 16.5. The first kappa shape index (κ1) is 14.2. The van der Waals surface area contributed by atoms with Gasteiger partial charge in [0.05, 0.1) is 13.2 Å². The Balaban J connectivity index is 2.88. The minimum atomic E-state index is -0.901. The summed E-state index contributed by atoms with van der Waals surface area (Å²) >= 11 is 0. The van der Waals surface area contributed by atoms with Gasteiger partial charge in [-0.2, -0.15) is 0 Å². The molecule has 0 bridgehead atoms. The predicted octanol–water partition coefficient (Wildman–Crippen LogP) is 2.37. The molecule has 0 radical (unpaired) electrons. The Morgan fingerprint density at radius 2 is 1.89 bits per heavy atom. The van der Waals surface area contributed by atoms with Gasteiger partial charge in [0.25, 0.3) is 0 Å². The number of carboxylic acid groups (broad SMARTS) is 1. The summed E-state index contributed by atoms with van der Waals surface area (Å²) in [5.74, 6) is 0.372. The average Bonchev–Trinajstić information content (AvgIpc) is 2.33. The molecule has 0 heterocycles. The van der Waals surface area contributed by atoms with E-state index >= 15 is 0 Å². The lowest BCUT2D eigenvalue weighted by Gasteiger charge is -2.15. The first-order valence-corrected chi connectivity index (χ1v) is 5.97. The fraction of sp³-hybridized carbons (Fsp3) is 0.462. The highest BCUT2D eigenvalue weighted by Gasteiger charge is 2.12. The first-order valence-electron chi connectivity index (χ1n) is 5.97. The van der Waals surface area contributed by atoms with Crippen molar-refractivity contribution in [1.29, 1.82) is 0 Å². The van der Waals surface area contributed by atoms with E-state index in [0.29, 0.717) is 30.4 Å². The molecule has 0 aliphatic carbocycles. The van der Waals surface area contributed by atoms with Crippen LogP contribution in [0.2, 0.25) is 0 Å². The van der Waals surface area contributed by atoms with Crippen LogP contribution in [0.1, 0.15) is 20.8 Å². The zero-order valence-corrected chi connectivity index (χ0v) is 10.9. The number of anilines is 1. The van der Waals surface area contributed by atoms with E-state index in [2.05, 4.69) is 5.32 Å². The van der Waals surface area contributed by atoms with Crippen LogP contribution >= 0.6 is 0 Å². The van der Waals surface area contributed by atoms with Gasteiger partial charge in [0, 0.05) is 11.8 Å². The van der Waals surface area contributed by atoms with Crippen molar-refractivity contribution in [2.24, 2.45) is 0 Å². The quantitative estimate of drug-likeness (QED) is 0.780. The summed E-state index contributed by atoms with van der Waals surface area (Å²) in [6, 6.07) is 4.63.